The third-order valence-corrected chi connectivity index (χ3v) is 5.73. The zero-order valence-corrected chi connectivity index (χ0v) is 17.9. The van der Waals surface area contributed by atoms with Gasteiger partial charge in [-0.3, -0.25) is 9.59 Å². The first-order chi connectivity index (χ1) is 14.4. The van der Waals surface area contributed by atoms with E-state index < -0.39 is 11.8 Å². The quantitative estimate of drug-likeness (QED) is 0.509. The molecule has 0 aromatic heterocycles. The van der Waals surface area contributed by atoms with Gasteiger partial charge in [0.25, 0.3) is 11.8 Å². The van der Waals surface area contributed by atoms with Gasteiger partial charge in [-0.05, 0) is 54.8 Å². The first-order valence-electron chi connectivity index (χ1n) is 9.35. The highest BCUT2D eigenvalue weighted by molar-refractivity contribution is 6.46. The van der Waals surface area contributed by atoms with Crippen LogP contribution in [0.5, 0.6) is 0 Å². The molecule has 0 spiro atoms. The lowest BCUT2D eigenvalue weighted by molar-refractivity contribution is -0.120. The summed E-state index contributed by atoms with van der Waals surface area (Å²) >= 11 is 12.4. The molecule has 150 valence electrons. The van der Waals surface area contributed by atoms with Gasteiger partial charge in [0.05, 0.1) is 11.3 Å². The van der Waals surface area contributed by atoms with Crippen molar-refractivity contribution in [3.05, 3.63) is 99.2 Å². The van der Waals surface area contributed by atoms with Gasteiger partial charge in [0.1, 0.15) is 5.70 Å². The number of benzene rings is 3. The number of anilines is 2. The summed E-state index contributed by atoms with van der Waals surface area (Å²) in [6, 6.07) is 19.7. The molecule has 1 aliphatic rings. The summed E-state index contributed by atoms with van der Waals surface area (Å²) in [6.07, 6.45) is 0. The normalized spacial score (nSPS) is 13.9. The van der Waals surface area contributed by atoms with Gasteiger partial charge in [0.2, 0.25) is 0 Å². The molecule has 6 heteroatoms. The van der Waals surface area contributed by atoms with Crippen molar-refractivity contribution >= 4 is 52.0 Å². The number of amides is 2. The molecule has 4 nitrogen and oxygen atoms in total. The molecule has 0 bridgehead atoms. The van der Waals surface area contributed by atoms with Crippen molar-refractivity contribution < 1.29 is 9.59 Å². The number of aryl methyl sites for hydroxylation is 1. The highest BCUT2D eigenvalue weighted by atomic mass is 35.5. The van der Waals surface area contributed by atoms with Crippen molar-refractivity contribution in [3.63, 3.8) is 0 Å². The van der Waals surface area contributed by atoms with E-state index in [4.69, 9.17) is 23.2 Å². The van der Waals surface area contributed by atoms with Crippen LogP contribution in [0.4, 0.5) is 11.4 Å². The Kier molecular flexibility index (Phi) is 5.37. The van der Waals surface area contributed by atoms with Crippen molar-refractivity contribution in [1.82, 2.24) is 0 Å². The lowest BCUT2D eigenvalue weighted by Gasteiger charge is -2.18. The molecular weight excluding hydrogens is 419 g/mol. The molecule has 4 rings (SSSR count). The van der Waals surface area contributed by atoms with E-state index in [0.717, 1.165) is 11.1 Å². The van der Waals surface area contributed by atoms with Crippen LogP contribution in [0.3, 0.4) is 0 Å². The smallest absolute Gasteiger partial charge is 0.282 e. The van der Waals surface area contributed by atoms with Crippen LogP contribution in [0.1, 0.15) is 16.7 Å². The Morgan fingerprint density at radius 1 is 0.833 bits per heavy atom. The van der Waals surface area contributed by atoms with Crippen molar-refractivity contribution in [3.8, 4) is 0 Å². The molecule has 2 amide bonds. The molecule has 0 aliphatic carbocycles. The Bertz CT molecular complexity index is 1200. The zero-order chi connectivity index (χ0) is 21.4. The van der Waals surface area contributed by atoms with Crippen LogP contribution in [0, 0.1) is 13.8 Å². The summed E-state index contributed by atoms with van der Waals surface area (Å²) < 4.78 is 0. The Labute approximate surface area is 184 Å². The molecule has 1 N–H and O–H groups in total. The second-order valence-corrected chi connectivity index (χ2v) is 7.87. The predicted octanol–water partition coefficient (Wildman–Crippen LogP) is 6.01. The van der Waals surface area contributed by atoms with Crippen LogP contribution >= 0.6 is 23.2 Å². The molecule has 0 radical (unpaired) electrons. The number of carbonyl (C=O) groups is 2. The maximum atomic E-state index is 13.5. The highest BCUT2D eigenvalue weighted by Gasteiger charge is 2.41. The third kappa shape index (κ3) is 3.49. The number of rotatable bonds is 4. The number of hydrogen-bond acceptors (Lipinski definition) is 3. The molecule has 3 aromatic rings. The van der Waals surface area contributed by atoms with Gasteiger partial charge in [-0.25, -0.2) is 4.90 Å². The summed E-state index contributed by atoms with van der Waals surface area (Å²) in [5, 5.41) is 4.18. The zero-order valence-electron chi connectivity index (χ0n) is 16.4. The number of halogens is 2. The van der Waals surface area contributed by atoms with Crippen LogP contribution in [-0.2, 0) is 9.59 Å². The summed E-state index contributed by atoms with van der Waals surface area (Å²) in [4.78, 5) is 28.1. The number of imide groups is 1. The standard InChI is InChI=1S/C24H18Cl2N2O2/c1-14-11-12-17(25)13-20(14)28-23(29)21(16-7-4-3-5-8-16)22(24(28)30)27-19-10-6-9-18(26)15(19)2/h3-13,27H,1-2H3. The summed E-state index contributed by atoms with van der Waals surface area (Å²) in [5.74, 6) is -0.845. The molecule has 0 saturated heterocycles. The summed E-state index contributed by atoms with van der Waals surface area (Å²) in [5.41, 5.74) is 3.85. The molecule has 3 aromatic carbocycles. The van der Waals surface area contributed by atoms with Gasteiger partial charge in [0.15, 0.2) is 0 Å². The van der Waals surface area contributed by atoms with Gasteiger partial charge < -0.3 is 5.32 Å². The fourth-order valence-corrected chi connectivity index (χ4v) is 3.78. The van der Waals surface area contributed by atoms with Gasteiger partial charge in [-0.1, -0.05) is 65.7 Å². The van der Waals surface area contributed by atoms with E-state index in [1.807, 2.05) is 38.1 Å². The average molecular weight is 437 g/mol. The molecular formula is C24H18Cl2N2O2. The first kappa shape index (κ1) is 20.2. The van der Waals surface area contributed by atoms with Crippen LogP contribution in [-0.4, -0.2) is 11.8 Å². The van der Waals surface area contributed by atoms with Gasteiger partial charge in [-0.2, -0.15) is 0 Å². The van der Waals surface area contributed by atoms with E-state index in [-0.39, 0.29) is 5.70 Å². The minimum atomic E-state index is -0.441. The van der Waals surface area contributed by atoms with Crippen LogP contribution in [0.2, 0.25) is 10.0 Å². The molecule has 1 aliphatic heterocycles. The highest BCUT2D eigenvalue weighted by Crippen LogP contribution is 2.37. The molecule has 1 heterocycles. The van der Waals surface area contributed by atoms with E-state index in [1.165, 1.54) is 4.90 Å². The predicted molar refractivity (Wildman–Crippen MR) is 122 cm³/mol. The number of hydrogen-bond donors (Lipinski definition) is 1. The lowest BCUT2D eigenvalue weighted by atomic mass is 10.0. The van der Waals surface area contributed by atoms with Crippen molar-refractivity contribution in [1.29, 1.82) is 0 Å². The SMILES string of the molecule is Cc1ccc(Cl)cc1N1C(=O)C(Nc2cccc(Cl)c2C)=C(c2ccccc2)C1=O. The third-order valence-electron chi connectivity index (χ3n) is 5.09. The number of carbonyl (C=O) groups excluding carboxylic acids is 2. The Hall–Kier alpha value is -3.08. The van der Waals surface area contributed by atoms with Crippen molar-refractivity contribution in [2.45, 2.75) is 13.8 Å². The summed E-state index contributed by atoms with van der Waals surface area (Å²) in [7, 11) is 0. The Morgan fingerprint density at radius 3 is 2.30 bits per heavy atom. The van der Waals surface area contributed by atoms with Gasteiger partial charge in [-0.15, -0.1) is 0 Å². The topological polar surface area (TPSA) is 49.4 Å². The number of nitrogens with zero attached hydrogens (tertiary/aromatic N) is 1. The van der Waals surface area contributed by atoms with E-state index in [1.54, 1.807) is 42.5 Å². The van der Waals surface area contributed by atoms with E-state index in [0.29, 0.717) is 32.6 Å². The molecule has 0 saturated carbocycles. The molecule has 30 heavy (non-hydrogen) atoms. The summed E-state index contributed by atoms with van der Waals surface area (Å²) in [6.45, 7) is 3.69. The molecule has 0 unspecified atom stereocenters. The van der Waals surface area contributed by atoms with E-state index in [9.17, 15) is 9.59 Å². The van der Waals surface area contributed by atoms with Crippen LogP contribution < -0.4 is 10.2 Å². The monoisotopic (exact) mass is 436 g/mol. The van der Waals surface area contributed by atoms with Crippen LogP contribution in [0.15, 0.2) is 72.4 Å². The maximum absolute atomic E-state index is 13.5. The van der Waals surface area contributed by atoms with Gasteiger partial charge in [0, 0.05) is 15.7 Å². The van der Waals surface area contributed by atoms with Gasteiger partial charge >= 0.3 is 0 Å². The van der Waals surface area contributed by atoms with Crippen molar-refractivity contribution in [2.24, 2.45) is 0 Å². The molecule has 0 atom stereocenters. The second-order valence-electron chi connectivity index (χ2n) is 7.03. The van der Waals surface area contributed by atoms with E-state index in [2.05, 4.69) is 5.32 Å². The molecule has 0 fully saturated rings. The number of nitrogens with one attached hydrogen (secondary N) is 1. The maximum Gasteiger partial charge on any atom is 0.282 e. The van der Waals surface area contributed by atoms with Crippen molar-refractivity contribution in [2.75, 3.05) is 10.2 Å². The fraction of sp³-hybridized carbons (Fsp3) is 0.0833. The fourth-order valence-electron chi connectivity index (χ4n) is 3.44. The minimum Gasteiger partial charge on any atom is -0.350 e. The Morgan fingerprint density at radius 2 is 1.57 bits per heavy atom. The van der Waals surface area contributed by atoms with Crippen LogP contribution in [0.25, 0.3) is 5.57 Å². The lowest BCUT2D eigenvalue weighted by Crippen LogP contribution is -2.33. The minimum absolute atomic E-state index is 0.205. The van der Waals surface area contributed by atoms with E-state index >= 15 is 0 Å². The Balaban J connectivity index is 1.87. The average Bonchev–Trinajstić information content (AvgIpc) is 2.97. The largest absolute Gasteiger partial charge is 0.350 e. The second kappa shape index (κ2) is 7.98. The first-order valence-corrected chi connectivity index (χ1v) is 10.1.